The third kappa shape index (κ3) is 5.84. The molecule has 4 heterocycles. The number of ether oxygens (including phenoxy) is 1. The van der Waals surface area contributed by atoms with E-state index in [1.54, 1.807) is 24.5 Å². The number of aromatic nitrogens is 1. The van der Waals surface area contributed by atoms with Gasteiger partial charge < -0.3 is 25.4 Å². The summed E-state index contributed by atoms with van der Waals surface area (Å²) in [6.45, 7) is 0.943. The first-order valence-corrected chi connectivity index (χ1v) is 16.4. The van der Waals surface area contributed by atoms with Gasteiger partial charge in [-0.1, -0.05) is 31.4 Å². The van der Waals surface area contributed by atoms with Crippen LogP contribution in [-0.2, 0) is 14.8 Å². The van der Waals surface area contributed by atoms with E-state index in [9.17, 15) is 23.1 Å². The van der Waals surface area contributed by atoms with Crippen molar-refractivity contribution in [3.8, 4) is 16.9 Å². The first kappa shape index (κ1) is 28.9. The minimum atomic E-state index is -4.17. The van der Waals surface area contributed by atoms with Crippen LogP contribution in [0, 0.1) is 0 Å². The van der Waals surface area contributed by atoms with Gasteiger partial charge in [-0.3, -0.25) is 9.78 Å². The smallest absolute Gasteiger partial charge is 0.317 e. The zero-order valence-electron chi connectivity index (χ0n) is 23.7. The van der Waals surface area contributed by atoms with Gasteiger partial charge in [-0.05, 0) is 49.4 Å². The predicted molar refractivity (Wildman–Crippen MR) is 155 cm³/mol. The highest BCUT2D eigenvalue weighted by Crippen LogP contribution is 2.37. The molecule has 4 aliphatic rings. The van der Waals surface area contributed by atoms with Crippen LogP contribution < -0.4 is 15.4 Å². The predicted octanol–water partition coefficient (Wildman–Crippen LogP) is 2.65. The Kier molecular flexibility index (Phi) is 8.12. The molecule has 2 atom stereocenters. The molecule has 11 nitrogen and oxygen atoms in total. The number of rotatable bonds is 2. The van der Waals surface area contributed by atoms with Crippen molar-refractivity contribution >= 4 is 22.0 Å². The van der Waals surface area contributed by atoms with Crippen LogP contribution in [0.2, 0.25) is 0 Å². The molecule has 226 valence electrons. The lowest BCUT2D eigenvalue weighted by atomic mass is 9.84. The summed E-state index contributed by atoms with van der Waals surface area (Å²) in [4.78, 5) is 32.6. The van der Waals surface area contributed by atoms with Crippen molar-refractivity contribution in [1.29, 1.82) is 0 Å². The molecule has 3 fully saturated rings. The number of carbonyl (C=O) groups excluding carboxylic acids is 2. The number of likely N-dealkylation sites (tertiary alicyclic amines) is 1. The molecule has 2 saturated heterocycles. The second-order valence-corrected chi connectivity index (χ2v) is 13.9. The van der Waals surface area contributed by atoms with Gasteiger partial charge in [0, 0.05) is 62.0 Å². The number of fused-ring (bicyclic) bond motifs is 2. The summed E-state index contributed by atoms with van der Waals surface area (Å²) in [5.74, 6) is -0.226. The zero-order valence-corrected chi connectivity index (χ0v) is 24.5. The number of hydrogen-bond donors (Lipinski definition) is 3. The molecule has 1 aromatic carbocycles. The summed E-state index contributed by atoms with van der Waals surface area (Å²) in [7, 11) is -4.17. The van der Waals surface area contributed by atoms with E-state index in [4.69, 9.17) is 4.74 Å². The second-order valence-electron chi connectivity index (χ2n) is 12.0. The van der Waals surface area contributed by atoms with Crippen LogP contribution in [0.3, 0.4) is 0 Å². The summed E-state index contributed by atoms with van der Waals surface area (Å²) >= 11 is 0. The quantitative estimate of drug-likeness (QED) is 0.483. The molecule has 3 N–H and O–H groups in total. The maximum atomic E-state index is 13.9. The molecule has 42 heavy (non-hydrogen) atoms. The topological polar surface area (TPSA) is 141 Å². The fraction of sp³-hybridized carbons (Fsp3) is 0.567. The third-order valence-electron chi connectivity index (χ3n) is 9.23. The Labute approximate surface area is 246 Å². The number of piperidine rings is 1. The first-order valence-electron chi connectivity index (χ1n) is 15.0. The van der Waals surface area contributed by atoms with Gasteiger partial charge in [-0.25, -0.2) is 13.2 Å². The number of sulfonamides is 1. The molecule has 3 aliphatic heterocycles. The fourth-order valence-electron chi connectivity index (χ4n) is 6.75. The third-order valence-corrected chi connectivity index (χ3v) is 11.1. The number of carbonyl (C=O) groups is 2. The Hall–Kier alpha value is -3.22. The zero-order chi connectivity index (χ0) is 29.3. The number of amides is 3. The first-order chi connectivity index (χ1) is 20.2. The lowest BCUT2D eigenvalue weighted by molar-refractivity contribution is -0.127. The minimum Gasteiger partial charge on any atom is -0.492 e. The highest BCUT2D eigenvalue weighted by molar-refractivity contribution is 7.89. The number of pyridine rings is 1. The van der Waals surface area contributed by atoms with Crippen LogP contribution in [0.4, 0.5) is 4.79 Å². The summed E-state index contributed by atoms with van der Waals surface area (Å²) in [5, 5.41) is 16.8. The van der Waals surface area contributed by atoms with Gasteiger partial charge in [-0.2, -0.15) is 4.31 Å². The fourth-order valence-corrected chi connectivity index (χ4v) is 8.50. The normalized spacial score (nSPS) is 26.3. The lowest BCUT2D eigenvalue weighted by Crippen LogP contribution is -2.60. The van der Waals surface area contributed by atoms with E-state index in [0.29, 0.717) is 32.4 Å². The van der Waals surface area contributed by atoms with E-state index < -0.39 is 33.6 Å². The number of urea groups is 1. The lowest BCUT2D eigenvalue weighted by Gasteiger charge is -2.43. The maximum absolute atomic E-state index is 13.9. The van der Waals surface area contributed by atoms with Crippen LogP contribution >= 0.6 is 0 Å². The van der Waals surface area contributed by atoms with E-state index in [-0.39, 0.29) is 42.3 Å². The number of hydrogen-bond acceptors (Lipinski definition) is 7. The molecule has 1 aliphatic carbocycles. The molecule has 6 rings (SSSR count). The standard InChI is InChI=1S/C30H39N5O6S/c36-24-18-25-28(37)33-30(10-14-34(15-11-30)29(38)32-23-6-2-1-3-7-23)12-16-41-26-17-21(22-5-4-13-31-19-22)8-9-27(26)42(39,40)35(25)20-24/h4-5,8-9,13,17,19,23-25,36H,1-3,6-7,10-12,14-16,18,20H2,(H,32,38)(H,33,37)/t24-,25+/m1/s1. The van der Waals surface area contributed by atoms with Crippen molar-refractivity contribution in [2.45, 2.75) is 86.4 Å². The van der Waals surface area contributed by atoms with Gasteiger partial charge in [0.15, 0.2) is 0 Å². The van der Waals surface area contributed by atoms with Crippen LogP contribution in [0.5, 0.6) is 5.75 Å². The molecule has 0 unspecified atom stereocenters. The SMILES string of the molecule is O=C1NC2(CCOc3cc(-c4cccnc4)ccc3S(=O)(=O)N3C[C@H](O)C[C@@H]13)CCN(C(=O)NC1CCCCC1)CC2. The van der Waals surface area contributed by atoms with Gasteiger partial charge in [-0.15, -0.1) is 0 Å². The van der Waals surface area contributed by atoms with Gasteiger partial charge in [0.1, 0.15) is 16.7 Å². The van der Waals surface area contributed by atoms with Crippen molar-refractivity contribution in [3.05, 3.63) is 42.7 Å². The minimum absolute atomic E-state index is 0.0149. The van der Waals surface area contributed by atoms with Crippen molar-refractivity contribution in [2.24, 2.45) is 0 Å². The Morgan fingerprint density at radius 1 is 1.10 bits per heavy atom. The van der Waals surface area contributed by atoms with Crippen molar-refractivity contribution < 1.29 is 27.9 Å². The number of benzene rings is 1. The van der Waals surface area contributed by atoms with Gasteiger partial charge >= 0.3 is 6.03 Å². The van der Waals surface area contributed by atoms with E-state index in [2.05, 4.69) is 15.6 Å². The van der Waals surface area contributed by atoms with Crippen molar-refractivity contribution in [1.82, 2.24) is 24.8 Å². The van der Waals surface area contributed by atoms with E-state index in [1.165, 1.54) is 12.5 Å². The van der Waals surface area contributed by atoms with Crippen molar-refractivity contribution in [3.63, 3.8) is 0 Å². The monoisotopic (exact) mass is 597 g/mol. The molecule has 12 heteroatoms. The summed E-state index contributed by atoms with van der Waals surface area (Å²) in [5.41, 5.74) is 0.899. The second kappa shape index (κ2) is 11.8. The number of nitrogens with zero attached hydrogens (tertiary/aromatic N) is 3. The Bertz CT molecular complexity index is 1410. The van der Waals surface area contributed by atoms with Gasteiger partial charge in [0.05, 0.1) is 12.7 Å². The van der Waals surface area contributed by atoms with Crippen LogP contribution in [0.1, 0.15) is 57.8 Å². The van der Waals surface area contributed by atoms with Crippen LogP contribution in [-0.4, -0.2) is 89.6 Å². The molecule has 3 amide bonds. The molecule has 2 aromatic rings. The number of aliphatic hydroxyl groups excluding tert-OH is 1. The summed E-state index contributed by atoms with van der Waals surface area (Å²) in [6, 6.07) is 7.70. The van der Waals surface area contributed by atoms with Crippen LogP contribution in [0.15, 0.2) is 47.6 Å². The highest BCUT2D eigenvalue weighted by Gasteiger charge is 2.47. The number of aliphatic hydroxyl groups is 1. The Balaban J connectivity index is 1.26. The Morgan fingerprint density at radius 3 is 2.62 bits per heavy atom. The average molecular weight is 598 g/mol. The molecular formula is C30H39N5O6S. The summed E-state index contributed by atoms with van der Waals surface area (Å²) < 4.78 is 35.1. The molecule has 0 bridgehead atoms. The largest absolute Gasteiger partial charge is 0.492 e. The molecule has 1 aromatic heterocycles. The average Bonchev–Trinajstić information content (AvgIpc) is 3.40. The van der Waals surface area contributed by atoms with Crippen molar-refractivity contribution in [2.75, 3.05) is 26.2 Å². The molecular weight excluding hydrogens is 558 g/mol. The molecule has 1 spiro atoms. The molecule has 0 radical (unpaired) electrons. The molecule has 1 saturated carbocycles. The van der Waals surface area contributed by atoms with E-state index in [0.717, 1.165) is 41.1 Å². The highest BCUT2D eigenvalue weighted by atomic mass is 32.2. The summed E-state index contributed by atoms with van der Waals surface area (Å²) in [6.07, 6.45) is 9.41. The van der Waals surface area contributed by atoms with Gasteiger partial charge in [0.25, 0.3) is 0 Å². The Morgan fingerprint density at radius 2 is 1.88 bits per heavy atom. The van der Waals surface area contributed by atoms with E-state index >= 15 is 0 Å². The number of nitrogens with one attached hydrogen (secondary N) is 2. The van der Waals surface area contributed by atoms with E-state index in [1.807, 2.05) is 17.0 Å². The maximum Gasteiger partial charge on any atom is 0.317 e. The van der Waals surface area contributed by atoms with Gasteiger partial charge in [0.2, 0.25) is 15.9 Å². The van der Waals surface area contributed by atoms with Crippen LogP contribution in [0.25, 0.3) is 11.1 Å².